The predicted octanol–water partition coefficient (Wildman–Crippen LogP) is 7.55. The molecule has 0 saturated heterocycles. The van der Waals surface area contributed by atoms with Crippen LogP contribution in [0.25, 0.3) is 51.0 Å². The Hall–Kier alpha value is -2.27. The van der Waals surface area contributed by atoms with Crippen LogP contribution in [0.1, 0.15) is 0 Å². The largest absolute Gasteiger partial charge is 0.246 e. The molecule has 6 aromatic rings. The van der Waals surface area contributed by atoms with E-state index in [1.807, 2.05) is 34.0 Å². The van der Waals surface area contributed by atoms with Gasteiger partial charge in [0, 0.05) is 20.2 Å². The zero-order valence-corrected chi connectivity index (χ0v) is 15.5. The zero-order chi connectivity index (χ0) is 16.4. The van der Waals surface area contributed by atoms with Gasteiger partial charge in [-0.3, -0.25) is 0 Å². The Labute approximate surface area is 155 Å². The molecule has 25 heavy (non-hydrogen) atoms. The number of fused-ring (bicyclic) bond motifs is 6. The lowest BCUT2D eigenvalue weighted by atomic mass is 10.0. The van der Waals surface area contributed by atoms with Crippen molar-refractivity contribution in [2.45, 2.75) is 0 Å². The molecule has 0 N–H and O–H groups in total. The molecule has 0 saturated carbocycles. The third kappa shape index (κ3) is 1.96. The molecule has 2 aromatic carbocycles. The fourth-order valence-corrected chi connectivity index (χ4v) is 7.25. The molecule has 0 unspecified atom stereocenters. The summed E-state index contributed by atoms with van der Waals surface area (Å²) in [6.07, 6.45) is 0. The minimum atomic E-state index is 1.06. The molecule has 0 aliphatic rings. The normalized spacial score (nSPS) is 12.0. The van der Waals surface area contributed by atoms with E-state index in [-0.39, 0.29) is 0 Å². The second kappa shape index (κ2) is 5.11. The summed E-state index contributed by atoms with van der Waals surface area (Å²) in [6.45, 7) is 0. The number of hydrogen-bond acceptors (Lipinski definition) is 4. The van der Waals surface area contributed by atoms with Gasteiger partial charge in [0.15, 0.2) is 0 Å². The van der Waals surface area contributed by atoms with Gasteiger partial charge in [0.25, 0.3) is 0 Å². The molecular formula is C21H11NS3. The molecule has 0 aliphatic heterocycles. The van der Waals surface area contributed by atoms with Crippen LogP contribution in [-0.2, 0) is 0 Å². The Balaban J connectivity index is 1.73. The minimum absolute atomic E-state index is 1.06. The highest BCUT2D eigenvalue weighted by molar-refractivity contribution is 7.39. The first-order valence-electron chi connectivity index (χ1n) is 8.06. The van der Waals surface area contributed by atoms with Crippen molar-refractivity contribution in [2.75, 3.05) is 0 Å². The SMILES string of the molecule is c1ccc2c(c1)nc(-c1cc3sc4ccsc4c3s1)c1ccccc12. The van der Waals surface area contributed by atoms with Crippen LogP contribution in [0.2, 0.25) is 0 Å². The first kappa shape index (κ1) is 14.0. The molecule has 0 atom stereocenters. The summed E-state index contributed by atoms with van der Waals surface area (Å²) in [7, 11) is 0. The second-order valence-corrected chi connectivity index (χ2v) is 9.10. The number of para-hydroxylation sites is 1. The van der Waals surface area contributed by atoms with Crippen molar-refractivity contribution in [3.8, 4) is 10.6 Å². The number of pyridine rings is 1. The molecule has 0 fully saturated rings. The van der Waals surface area contributed by atoms with Crippen LogP contribution in [0, 0.1) is 0 Å². The highest BCUT2D eigenvalue weighted by atomic mass is 32.1. The summed E-state index contributed by atoms with van der Waals surface area (Å²) >= 11 is 5.60. The second-order valence-electron chi connectivity index (χ2n) is 6.04. The van der Waals surface area contributed by atoms with Crippen molar-refractivity contribution < 1.29 is 0 Å². The summed E-state index contributed by atoms with van der Waals surface area (Å²) in [4.78, 5) is 6.30. The van der Waals surface area contributed by atoms with Gasteiger partial charge in [-0.2, -0.15) is 0 Å². The van der Waals surface area contributed by atoms with E-state index < -0.39 is 0 Å². The maximum atomic E-state index is 5.03. The Morgan fingerprint density at radius 2 is 1.48 bits per heavy atom. The lowest BCUT2D eigenvalue weighted by molar-refractivity contribution is 1.45. The van der Waals surface area contributed by atoms with Crippen molar-refractivity contribution in [2.24, 2.45) is 0 Å². The molecule has 0 radical (unpaired) electrons. The van der Waals surface area contributed by atoms with Crippen LogP contribution in [0.5, 0.6) is 0 Å². The Bertz CT molecular complexity index is 1400. The monoisotopic (exact) mass is 373 g/mol. The smallest absolute Gasteiger partial charge is 0.0888 e. The summed E-state index contributed by atoms with van der Waals surface area (Å²) < 4.78 is 5.60. The first-order valence-corrected chi connectivity index (χ1v) is 10.6. The lowest BCUT2D eigenvalue weighted by Crippen LogP contribution is -1.87. The number of benzene rings is 2. The molecule has 0 spiro atoms. The molecule has 0 bridgehead atoms. The Morgan fingerprint density at radius 3 is 2.40 bits per heavy atom. The van der Waals surface area contributed by atoms with Gasteiger partial charge in [0.2, 0.25) is 0 Å². The zero-order valence-electron chi connectivity index (χ0n) is 13.0. The van der Waals surface area contributed by atoms with Crippen LogP contribution in [0.15, 0.2) is 66.0 Å². The van der Waals surface area contributed by atoms with Crippen LogP contribution in [0.3, 0.4) is 0 Å². The summed E-state index contributed by atoms with van der Waals surface area (Å²) in [6, 6.07) is 21.6. The molecule has 4 heteroatoms. The van der Waals surface area contributed by atoms with E-state index in [2.05, 4.69) is 66.0 Å². The first-order chi connectivity index (χ1) is 12.4. The summed E-state index contributed by atoms with van der Waals surface area (Å²) in [5, 5.41) is 5.92. The fourth-order valence-electron chi connectivity index (χ4n) is 3.48. The Kier molecular flexibility index (Phi) is 2.86. The van der Waals surface area contributed by atoms with Crippen LogP contribution in [-0.4, -0.2) is 4.98 Å². The van der Waals surface area contributed by atoms with Gasteiger partial charge < -0.3 is 0 Å². The minimum Gasteiger partial charge on any atom is -0.246 e. The van der Waals surface area contributed by atoms with Crippen molar-refractivity contribution in [1.29, 1.82) is 0 Å². The lowest BCUT2D eigenvalue weighted by Gasteiger charge is -2.08. The number of rotatable bonds is 1. The number of nitrogens with zero attached hydrogens (tertiary/aromatic N) is 1. The molecule has 118 valence electrons. The van der Waals surface area contributed by atoms with E-state index in [0.29, 0.717) is 0 Å². The van der Waals surface area contributed by atoms with E-state index in [9.17, 15) is 0 Å². The number of aromatic nitrogens is 1. The van der Waals surface area contributed by atoms with Gasteiger partial charge in [-0.1, -0.05) is 42.5 Å². The number of thiophene rings is 3. The highest BCUT2D eigenvalue weighted by Crippen LogP contribution is 2.46. The van der Waals surface area contributed by atoms with Gasteiger partial charge in [-0.15, -0.1) is 34.0 Å². The van der Waals surface area contributed by atoms with Gasteiger partial charge in [-0.05, 0) is 29.0 Å². The Morgan fingerprint density at radius 1 is 0.680 bits per heavy atom. The standard InChI is InChI=1S/C21H11NS3/c1-2-7-14-12(5-1)13-6-3-4-8-15(13)22-19(14)17-11-18-21(25-17)20-16(24-18)9-10-23-20/h1-11H. The maximum Gasteiger partial charge on any atom is 0.0888 e. The fraction of sp³-hybridized carbons (Fsp3) is 0. The van der Waals surface area contributed by atoms with Crippen LogP contribution in [0.4, 0.5) is 0 Å². The summed E-state index contributed by atoms with van der Waals surface area (Å²) in [5.74, 6) is 0. The van der Waals surface area contributed by atoms with Crippen molar-refractivity contribution in [1.82, 2.24) is 4.98 Å². The average molecular weight is 374 g/mol. The molecule has 4 heterocycles. The molecular weight excluding hydrogens is 362 g/mol. The summed E-state index contributed by atoms with van der Waals surface area (Å²) in [5.41, 5.74) is 2.17. The van der Waals surface area contributed by atoms with E-state index in [1.165, 1.54) is 39.8 Å². The molecule has 0 amide bonds. The number of hydrogen-bond donors (Lipinski definition) is 0. The van der Waals surface area contributed by atoms with Crippen LogP contribution >= 0.6 is 34.0 Å². The van der Waals surface area contributed by atoms with E-state index >= 15 is 0 Å². The molecule has 0 aliphatic carbocycles. The molecule has 1 nitrogen and oxygen atoms in total. The van der Waals surface area contributed by atoms with Crippen molar-refractivity contribution >= 4 is 74.5 Å². The van der Waals surface area contributed by atoms with Gasteiger partial charge in [0.05, 0.1) is 25.5 Å². The topological polar surface area (TPSA) is 12.9 Å². The molecule has 4 aromatic heterocycles. The predicted molar refractivity (Wildman–Crippen MR) is 113 cm³/mol. The molecule has 6 rings (SSSR count). The van der Waals surface area contributed by atoms with E-state index in [1.54, 1.807) is 0 Å². The maximum absolute atomic E-state index is 5.03. The van der Waals surface area contributed by atoms with Gasteiger partial charge in [-0.25, -0.2) is 4.98 Å². The van der Waals surface area contributed by atoms with E-state index in [0.717, 1.165) is 11.2 Å². The van der Waals surface area contributed by atoms with Gasteiger partial charge in [0.1, 0.15) is 0 Å². The third-order valence-corrected chi connectivity index (χ3v) is 8.18. The van der Waals surface area contributed by atoms with E-state index in [4.69, 9.17) is 4.98 Å². The van der Waals surface area contributed by atoms with Crippen LogP contribution < -0.4 is 0 Å². The van der Waals surface area contributed by atoms with Crippen molar-refractivity contribution in [3.63, 3.8) is 0 Å². The quantitative estimate of drug-likeness (QED) is 0.271. The third-order valence-electron chi connectivity index (χ3n) is 4.60. The highest BCUT2D eigenvalue weighted by Gasteiger charge is 2.15. The van der Waals surface area contributed by atoms with Crippen molar-refractivity contribution in [3.05, 3.63) is 66.0 Å². The van der Waals surface area contributed by atoms with Gasteiger partial charge >= 0.3 is 0 Å². The average Bonchev–Trinajstić information content (AvgIpc) is 3.33.